The van der Waals surface area contributed by atoms with Crippen LogP contribution >= 0.6 is 11.3 Å². The molecule has 2 atom stereocenters. The number of aliphatic hydroxyl groups excluding tert-OH is 1. The first-order valence-electron chi connectivity index (χ1n) is 6.11. The zero-order valence-electron chi connectivity index (χ0n) is 10.2. The van der Waals surface area contributed by atoms with Gasteiger partial charge in [0, 0.05) is 29.4 Å². The first kappa shape index (κ1) is 11.9. The Morgan fingerprint density at radius 2 is 2.39 bits per heavy atom. The summed E-state index contributed by atoms with van der Waals surface area (Å²) in [7, 11) is 0. The molecule has 3 heterocycles. The molecule has 1 saturated heterocycles. The fourth-order valence-corrected chi connectivity index (χ4v) is 3.23. The number of anilines is 1. The second-order valence-electron chi connectivity index (χ2n) is 4.62. The van der Waals surface area contributed by atoms with Gasteiger partial charge in [0.1, 0.15) is 5.82 Å². The van der Waals surface area contributed by atoms with Gasteiger partial charge in [-0.3, -0.25) is 0 Å². The maximum atomic E-state index is 9.28. The molecule has 1 N–H and O–H groups in total. The van der Waals surface area contributed by atoms with Crippen LogP contribution in [0, 0.1) is 0 Å². The number of pyridine rings is 1. The van der Waals surface area contributed by atoms with Crippen LogP contribution in [0.1, 0.15) is 6.92 Å². The van der Waals surface area contributed by atoms with E-state index in [4.69, 9.17) is 4.74 Å². The van der Waals surface area contributed by atoms with Crippen molar-refractivity contribution in [1.82, 2.24) is 4.98 Å². The van der Waals surface area contributed by atoms with E-state index >= 15 is 0 Å². The average molecular weight is 264 g/mol. The summed E-state index contributed by atoms with van der Waals surface area (Å²) in [6.45, 7) is 3.60. The Bertz CT molecular complexity index is 543. The van der Waals surface area contributed by atoms with Gasteiger partial charge in [0.15, 0.2) is 0 Å². The maximum absolute atomic E-state index is 9.28. The SMILES string of the molecule is CC1CN(c2nccc3sccc23)CC(CO)O1. The van der Waals surface area contributed by atoms with Gasteiger partial charge in [-0.05, 0) is 24.4 Å². The third-order valence-corrected chi connectivity index (χ3v) is 4.07. The van der Waals surface area contributed by atoms with Crippen molar-refractivity contribution in [2.45, 2.75) is 19.1 Å². The van der Waals surface area contributed by atoms with Crippen LogP contribution in [0.5, 0.6) is 0 Å². The molecule has 96 valence electrons. The normalized spacial score (nSPS) is 24.7. The highest BCUT2D eigenvalue weighted by Crippen LogP contribution is 2.30. The van der Waals surface area contributed by atoms with E-state index in [-0.39, 0.29) is 18.8 Å². The minimum absolute atomic E-state index is 0.0560. The lowest BCUT2D eigenvalue weighted by Gasteiger charge is -2.37. The Labute approximate surface area is 110 Å². The van der Waals surface area contributed by atoms with Gasteiger partial charge in [0.25, 0.3) is 0 Å². The summed E-state index contributed by atoms with van der Waals surface area (Å²) in [4.78, 5) is 6.71. The molecule has 0 aliphatic carbocycles. The van der Waals surface area contributed by atoms with Crippen LogP contribution in [0.25, 0.3) is 10.1 Å². The average Bonchev–Trinajstić information content (AvgIpc) is 2.85. The summed E-state index contributed by atoms with van der Waals surface area (Å²) >= 11 is 1.73. The van der Waals surface area contributed by atoms with E-state index in [2.05, 4.69) is 21.3 Å². The summed E-state index contributed by atoms with van der Waals surface area (Å²) < 4.78 is 6.91. The minimum atomic E-state index is -0.121. The van der Waals surface area contributed by atoms with Crippen molar-refractivity contribution >= 4 is 27.2 Å². The Morgan fingerprint density at radius 3 is 3.22 bits per heavy atom. The Balaban J connectivity index is 1.96. The number of aliphatic hydroxyl groups is 1. The molecular weight excluding hydrogens is 248 g/mol. The molecule has 4 nitrogen and oxygen atoms in total. The van der Waals surface area contributed by atoms with E-state index in [1.54, 1.807) is 11.3 Å². The number of nitrogens with zero attached hydrogens (tertiary/aromatic N) is 2. The zero-order valence-corrected chi connectivity index (χ0v) is 11.1. The second kappa shape index (κ2) is 4.84. The molecule has 5 heteroatoms. The van der Waals surface area contributed by atoms with Crippen molar-refractivity contribution in [2.75, 3.05) is 24.6 Å². The molecular formula is C13H16N2O2S. The number of fused-ring (bicyclic) bond motifs is 1. The zero-order chi connectivity index (χ0) is 12.5. The van der Waals surface area contributed by atoms with Crippen molar-refractivity contribution < 1.29 is 9.84 Å². The van der Waals surface area contributed by atoms with Crippen molar-refractivity contribution in [3.05, 3.63) is 23.7 Å². The highest BCUT2D eigenvalue weighted by Gasteiger charge is 2.26. The van der Waals surface area contributed by atoms with Gasteiger partial charge in [-0.1, -0.05) is 0 Å². The standard InChI is InChI=1S/C13H16N2O2S/c1-9-6-15(7-10(8-16)17-9)13-11-3-5-18-12(11)2-4-14-13/h2-5,9-10,16H,6-8H2,1H3. The second-order valence-corrected chi connectivity index (χ2v) is 5.57. The lowest BCUT2D eigenvalue weighted by atomic mass is 10.2. The number of aromatic nitrogens is 1. The number of morpholine rings is 1. The van der Waals surface area contributed by atoms with E-state index in [9.17, 15) is 5.11 Å². The van der Waals surface area contributed by atoms with Crippen LogP contribution < -0.4 is 4.90 Å². The molecule has 2 unspecified atom stereocenters. The van der Waals surface area contributed by atoms with Crippen LogP contribution in [0.15, 0.2) is 23.7 Å². The molecule has 0 aromatic carbocycles. The van der Waals surface area contributed by atoms with E-state index < -0.39 is 0 Å². The van der Waals surface area contributed by atoms with Crippen LogP contribution in [0.4, 0.5) is 5.82 Å². The van der Waals surface area contributed by atoms with Crippen LogP contribution in [-0.4, -0.2) is 42.0 Å². The third-order valence-electron chi connectivity index (χ3n) is 3.19. The summed E-state index contributed by atoms with van der Waals surface area (Å²) in [5, 5.41) is 12.6. The largest absolute Gasteiger partial charge is 0.394 e. The van der Waals surface area contributed by atoms with E-state index in [1.165, 1.54) is 10.1 Å². The Morgan fingerprint density at radius 1 is 1.50 bits per heavy atom. The van der Waals surface area contributed by atoms with Crippen molar-refractivity contribution in [3.8, 4) is 0 Å². The Hall–Kier alpha value is -1.17. The lowest BCUT2D eigenvalue weighted by molar-refractivity contribution is -0.0422. The molecule has 0 spiro atoms. The highest BCUT2D eigenvalue weighted by molar-refractivity contribution is 7.17. The molecule has 0 amide bonds. The quantitative estimate of drug-likeness (QED) is 0.899. The highest BCUT2D eigenvalue weighted by atomic mass is 32.1. The smallest absolute Gasteiger partial charge is 0.137 e. The molecule has 2 aromatic heterocycles. The monoisotopic (exact) mass is 264 g/mol. The predicted octanol–water partition coefficient (Wildman–Crippen LogP) is 1.88. The van der Waals surface area contributed by atoms with E-state index in [0.717, 1.165) is 12.4 Å². The summed E-state index contributed by atoms with van der Waals surface area (Å²) in [5.74, 6) is 1.00. The van der Waals surface area contributed by atoms with E-state index in [1.807, 2.05) is 19.2 Å². The Kier molecular flexibility index (Phi) is 3.20. The number of ether oxygens (including phenoxy) is 1. The van der Waals surface area contributed by atoms with Crippen molar-refractivity contribution in [2.24, 2.45) is 0 Å². The fraction of sp³-hybridized carbons (Fsp3) is 0.462. The van der Waals surface area contributed by atoms with Crippen molar-refractivity contribution in [1.29, 1.82) is 0 Å². The fourth-order valence-electron chi connectivity index (χ4n) is 2.45. The van der Waals surface area contributed by atoms with Gasteiger partial charge in [-0.25, -0.2) is 4.98 Å². The number of hydrogen-bond acceptors (Lipinski definition) is 5. The van der Waals surface area contributed by atoms with Gasteiger partial charge < -0.3 is 14.7 Å². The molecule has 0 bridgehead atoms. The number of rotatable bonds is 2. The lowest BCUT2D eigenvalue weighted by Crippen LogP contribution is -2.48. The van der Waals surface area contributed by atoms with Crippen LogP contribution in [0.2, 0.25) is 0 Å². The van der Waals surface area contributed by atoms with Gasteiger partial charge in [0.2, 0.25) is 0 Å². The van der Waals surface area contributed by atoms with Crippen LogP contribution in [0.3, 0.4) is 0 Å². The first-order valence-corrected chi connectivity index (χ1v) is 6.99. The van der Waals surface area contributed by atoms with Gasteiger partial charge in [-0.15, -0.1) is 11.3 Å². The molecule has 3 rings (SSSR count). The maximum Gasteiger partial charge on any atom is 0.137 e. The van der Waals surface area contributed by atoms with E-state index in [0.29, 0.717) is 6.54 Å². The van der Waals surface area contributed by atoms with Gasteiger partial charge in [-0.2, -0.15) is 0 Å². The molecule has 1 fully saturated rings. The summed E-state index contributed by atoms with van der Waals surface area (Å²) in [6.07, 6.45) is 1.85. The molecule has 0 saturated carbocycles. The summed E-state index contributed by atoms with van der Waals surface area (Å²) in [5.41, 5.74) is 0. The topological polar surface area (TPSA) is 45.6 Å². The summed E-state index contributed by atoms with van der Waals surface area (Å²) in [6, 6.07) is 4.15. The molecule has 18 heavy (non-hydrogen) atoms. The predicted molar refractivity (Wildman–Crippen MR) is 73.3 cm³/mol. The van der Waals surface area contributed by atoms with Crippen molar-refractivity contribution in [3.63, 3.8) is 0 Å². The first-order chi connectivity index (χ1) is 8.78. The van der Waals surface area contributed by atoms with Gasteiger partial charge >= 0.3 is 0 Å². The minimum Gasteiger partial charge on any atom is -0.394 e. The molecule has 1 aliphatic heterocycles. The number of thiophene rings is 1. The third kappa shape index (κ3) is 2.09. The van der Waals surface area contributed by atoms with Gasteiger partial charge in [0.05, 0.1) is 18.8 Å². The molecule has 1 aliphatic rings. The number of hydrogen-bond donors (Lipinski definition) is 1. The molecule has 2 aromatic rings. The van der Waals surface area contributed by atoms with Crippen LogP contribution in [-0.2, 0) is 4.74 Å². The molecule has 0 radical (unpaired) electrons.